The molecule has 2 atom stereocenters. The van der Waals surface area contributed by atoms with E-state index in [0.717, 1.165) is 0 Å². The summed E-state index contributed by atoms with van der Waals surface area (Å²) < 4.78 is 19.5. The molecule has 0 spiro atoms. The molecule has 3 nitrogen and oxygen atoms in total. The molecule has 0 aromatic heterocycles. The topological polar surface area (TPSA) is 57.5 Å². The van der Waals surface area contributed by atoms with Gasteiger partial charge in [-0.05, 0) is 18.6 Å². The van der Waals surface area contributed by atoms with Crippen molar-refractivity contribution in [1.82, 2.24) is 0 Å². The van der Waals surface area contributed by atoms with Gasteiger partial charge in [-0.2, -0.15) is 0 Å². The maximum atomic E-state index is 10.7. The maximum Gasteiger partial charge on any atom is 0.186 e. The summed E-state index contributed by atoms with van der Waals surface area (Å²) in [4.78, 5) is 0.271. The molecule has 0 heterocycles. The molecular weight excluding hydrogens is 176 g/mol. The molecule has 0 saturated carbocycles. The smallest absolute Gasteiger partial charge is 0.186 e. The van der Waals surface area contributed by atoms with Crippen molar-refractivity contribution in [2.75, 3.05) is 0 Å². The van der Waals surface area contributed by atoms with E-state index in [2.05, 4.69) is 0 Å². The lowest BCUT2D eigenvalue weighted by Gasteiger charge is -2.07. The highest BCUT2D eigenvalue weighted by molar-refractivity contribution is 7.79. The summed E-state index contributed by atoms with van der Waals surface area (Å²) in [6, 6.07) is 6.54. The van der Waals surface area contributed by atoms with Crippen molar-refractivity contribution in [2.24, 2.45) is 0 Å². The molecule has 66 valence electrons. The van der Waals surface area contributed by atoms with Crippen LogP contribution in [0.1, 0.15) is 18.6 Å². The molecule has 0 aliphatic carbocycles. The van der Waals surface area contributed by atoms with Crippen LogP contribution in [0.25, 0.3) is 0 Å². The monoisotopic (exact) mass is 186 g/mol. The Morgan fingerprint density at radius 3 is 2.42 bits per heavy atom. The second kappa shape index (κ2) is 3.80. The van der Waals surface area contributed by atoms with E-state index in [0.29, 0.717) is 5.56 Å². The predicted molar refractivity (Wildman–Crippen MR) is 46.1 cm³/mol. The molecule has 2 N–H and O–H groups in total. The molecule has 0 radical (unpaired) electrons. The van der Waals surface area contributed by atoms with E-state index in [1.807, 2.05) is 0 Å². The highest BCUT2D eigenvalue weighted by Crippen LogP contribution is 2.19. The van der Waals surface area contributed by atoms with Crippen LogP contribution >= 0.6 is 0 Å². The SMILES string of the molecule is CC(O)c1ccccc1S(=O)O. The lowest BCUT2D eigenvalue weighted by atomic mass is 10.1. The first kappa shape index (κ1) is 9.38. The van der Waals surface area contributed by atoms with Crippen LogP contribution in [0.3, 0.4) is 0 Å². The van der Waals surface area contributed by atoms with Gasteiger partial charge in [-0.25, -0.2) is 4.21 Å². The maximum absolute atomic E-state index is 10.7. The lowest BCUT2D eigenvalue weighted by Crippen LogP contribution is -1.99. The van der Waals surface area contributed by atoms with Crippen molar-refractivity contribution < 1.29 is 13.9 Å². The fourth-order valence-corrected chi connectivity index (χ4v) is 1.62. The van der Waals surface area contributed by atoms with E-state index in [9.17, 15) is 9.32 Å². The third-order valence-corrected chi connectivity index (χ3v) is 2.31. The van der Waals surface area contributed by atoms with Crippen LogP contribution in [0.15, 0.2) is 29.2 Å². The quantitative estimate of drug-likeness (QED) is 0.685. The first-order chi connectivity index (χ1) is 5.63. The zero-order valence-electron chi connectivity index (χ0n) is 6.60. The lowest BCUT2D eigenvalue weighted by molar-refractivity contribution is 0.196. The van der Waals surface area contributed by atoms with Crippen LogP contribution in [-0.4, -0.2) is 13.9 Å². The van der Waals surface area contributed by atoms with Crippen LogP contribution in [0, 0.1) is 0 Å². The third-order valence-electron chi connectivity index (χ3n) is 1.56. The Balaban J connectivity index is 3.17. The van der Waals surface area contributed by atoms with Gasteiger partial charge in [-0.15, -0.1) is 0 Å². The first-order valence-electron chi connectivity index (χ1n) is 3.50. The molecular formula is C8H10O3S. The minimum atomic E-state index is -2.02. The number of hydrogen-bond acceptors (Lipinski definition) is 2. The Hall–Kier alpha value is -0.710. The summed E-state index contributed by atoms with van der Waals surface area (Å²) in [5.41, 5.74) is 0.498. The fourth-order valence-electron chi connectivity index (χ4n) is 0.985. The second-order valence-corrected chi connectivity index (χ2v) is 3.40. The second-order valence-electron chi connectivity index (χ2n) is 2.46. The van der Waals surface area contributed by atoms with E-state index in [4.69, 9.17) is 4.55 Å². The molecule has 1 aromatic rings. The van der Waals surface area contributed by atoms with Gasteiger partial charge >= 0.3 is 0 Å². The zero-order valence-corrected chi connectivity index (χ0v) is 7.41. The Morgan fingerprint density at radius 2 is 2.00 bits per heavy atom. The molecule has 4 heteroatoms. The van der Waals surface area contributed by atoms with Gasteiger partial charge in [0.1, 0.15) is 0 Å². The van der Waals surface area contributed by atoms with E-state index in [-0.39, 0.29) is 4.90 Å². The van der Waals surface area contributed by atoms with Gasteiger partial charge in [-0.1, -0.05) is 18.2 Å². The van der Waals surface area contributed by atoms with Crippen molar-refractivity contribution in [2.45, 2.75) is 17.9 Å². The molecule has 0 bridgehead atoms. The predicted octanol–water partition coefficient (Wildman–Crippen LogP) is 1.32. The van der Waals surface area contributed by atoms with Crippen LogP contribution in [-0.2, 0) is 11.1 Å². The zero-order chi connectivity index (χ0) is 9.14. The van der Waals surface area contributed by atoms with Crippen LogP contribution in [0.4, 0.5) is 0 Å². The van der Waals surface area contributed by atoms with E-state index >= 15 is 0 Å². The van der Waals surface area contributed by atoms with Crippen LogP contribution in [0.5, 0.6) is 0 Å². The summed E-state index contributed by atoms with van der Waals surface area (Å²) >= 11 is -2.02. The Bertz CT molecular complexity index is 296. The number of hydrogen-bond donors (Lipinski definition) is 2. The number of aliphatic hydroxyl groups is 1. The molecule has 0 aliphatic rings. The minimum absolute atomic E-state index is 0.271. The van der Waals surface area contributed by atoms with Gasteiger partial charge in [0.15, 0.2) is 11.1 Å². The van der Waals surface area contributed by atoms with Gasteiger partial charge in [0.2, 0.25) is 0 Å². The first-order valence-corrected chi connectivity index (χ1v) is 4.61. The standard InChI is InChI=1S/C8H10O3S/c1-6(9)7-4-2-3-5-8(7)12(10)11/h2-6,9H,1H3,(H,10,11). The molecule has 0 fully saturated rings. The van der Waals surface area contributed by atoms with Gasteiger partial charge in [0.25, 0.3) is 0 Å². The Morgan fingerprint density at radius 1 is 1.42 bits per heavy atom. The molecule has 0 saturated heterocycles. The number of benzene rings is 1. The van der Waals surface area contributed by atoms with Crippen molar-refractivity contribution >= 4 is 11.1 Å². The van der Waals surface area contributed by atoms with Gasteiger partial charge < -0.3 is 9.66 Å². The number of rotatable bonds is 2. The average Bonchev–Trinajstić information content (AvgIpc) is 2.04. The van der Waals surface area contributed by atoms with Crippen LogP contribution < -0.4 is 0 Å². The Labute approximate surface area is 73.3 Å². The van der Waals surface area contributed by atoms with Gasteiger partial charge in [-0.3, -0.25) is 0 Å². The van der Waals surface area contributed by atoms with E-state index in [1.54, 1.807) is 25.1 Å². The summed E-state index contributed by atoms with van der Waals surface area (Å²) in [6.07, 6.45) is -0.711. The fraction of sp³-hybridized carbons (Fsp3) is 0.250. The highest BCUT2D eigenvalue weighted by Gasteiger charge is 2.10. The molecule has 1 rings (SSSR count). The van der Waals surface area contributed by atoms with Gasteiger partial charge in [0.05, 0.1) is 11.0 Å². The van der Waals surface area contributed by atoms with E-state index < -0.39 is 17.2 Å². The van der Waals surface area contributed by atoms with Crippen molar-refractivity contribution in [3.63, 3.8) is 0 Å². The average molecular weight is 186 g/mol. The normalized spacial score (nSPS) is 15.6. The third kappa shape index (κ3) is 1.91. The summed E-state index contributed by atoms with van der Waals surface area (Å²) in [5, 5.41) is 9.21. The molecule has 0 aliphatic heterocycles. The largest absolute Gasteiger partial charge is 0.389 e. The summed E-state index contributed by atoms with van der Waals surface area (Å²) in [5.74, 6) is 0. The highest BCUT2D eigenvalue weighted by atomic mass is 32.2. The molecule has 0 amide bonds. The van der Waals surface area contributed by atoms with Crippen LogP contribution in [0.2, 0.25) is 0 Å². The van der Waals surface area contributed by atoms with E-state index in [1.165, 1.54) is 6.07 Å². The minimum Gasteiger partial charge on any atom is -0.389 e. The Kier molecular flexibility index (Phi) is 2.97. The summed E-state index contributed by atoms with van der Waals surface area (Å²) in [7, 11) is 0. The van der Waals surface area contributed by atoms with Crippen molar-refractivity contribution in [3.8, 4) is 0 Å². The van der Waals surface area contributed by atoms with Gasteiger partial charge in [0, 0.05) is 0 Å². The summed E-state index contributed by atoms with van der Waals surface area (Å²) in [6.45, 7) is 1.56. The van der Waals surface area contributed by atoms with Crippen molar-refractivity contribution in [3.05, 3.63) is 29.8 Å². The number of aliphatic hydroxyl groups excluding tert-OH is 1. The van der Waals surface area contributed by atoms with Crippen molar-refractivity contribution in [1.29, 1.82) is 0 Å². The molecule has 2 unspecified atom stereocenters. The molecule has 1 aromatic carbocycles. The molecule has 12 heavy (non-hydrogen) atoms.